The Labute approximate surface area is 191 Å². The van der Waals surface area contributed by atoms with E-state index < -0.39 is 10.8 Å². The average Bonchev–Trinajstić information content (AvgIpc) is 2.79. The van der Waals surface area contributed by atoms with Crippen LogP contribution >= 0.6 is 12.2 Å². The van der Waals surface area contributed by atoms with Crippen LogP contribution in [0, 0.1) is 10.1 Å². The SMILES string of the molecule is O=C(/C=C/c1cccc([N+](=O)[O-])c1)NC(=S)Nc1ccc(C(=O)NC2CCCCC2)cc1. The second kappa shape index (κ2) is 11.1. The number of hydrogen-bond donors (Lipinski definition) is 3. The molecule has 1 aliphatic carbocycles. The molecule has 1 aliphatic rings. The predicted octanol–water partition coefficient (Wildman–Crippen LogP) is 4.18. The fourth-order valence-electron chi connectivity index (χ4n) is 3.45. The lowest BCUT2D eigenvalue weighted by atomic mass is 9.95. The summed E-state index contributed by atoms with van der Waals surface area (Å²) in [6.07, 6.45) is 8.28. The second-order valence-corrected chi connectivity index (χ2v) is 7.92. The number of benzene rings is 2. The minimum atomic E-state index is -0.499. The van der Waals surface area contributed by atoms with Gasteiger partial charge in [-0.15, -0.1) is 0 Å². The molecular weight excluding hydrogens is 428 g/mol. The first-order valence-electron chi connectivity index (χ1n) is 10.4. The zero-order valence-electron chi connectivity index (χ0n) is 17.4. The highest BCUT2D eigenvalue weighted by molar-refractivity contribution is 7.80. The molecule has 0 radical (unpaired) electrons. The van der Waals surface area contributed by atoms with Crippen LogP contribution in [0.25, 0.3) is 6.08 Å². The van der Waals surface area contributed by atoms with Gasteiger partial charge in [0.05, 0.1) is 4.92 Å². The molecular formula is C23H24N4O4S. The number of hydrogen-bond acceptors (Lipinski definition) is 5. The summed E-state index contributed by atoms with van der Waals surface area (Å²) >= 11 is 5.15. The molecule has 0 spiro atoms. The van der Waals surface area contributed by atoms with Gasteiger partial charge in [0.1, 0.15) is 0 Å². The number of non-ortho nitro benzene ring substituents is 1. The van der Waals surface area contributed by atoms with Crippen LogP contribution in [0.1, 0.15) is 48.0 Å². The highest BCUT2D eigenvalue weighted by Gasteiger charge is 2.16. The van der Waals surface area contributed by atoms with E-state index in [0.717, 1.165) is 25.7 Å². The summed E-state index contributed by atoms with van der Waals surface area (Å²) in [6.45, 7) is 0. The van der Waals surface area contributed by atoms with E-state index in [0.29, 0.717) is 16.8 Å². The van der Waals surface area contributed by atoms with Gasteiger partial charge >= 0.3 is 0 Å². The number of thiocarbonyl (C=S) groups is 1. The van der Waals surface area contributed by atoms with Crippen LogP contribution in [-0.2, 0) is 4.79 Å². The summed E-state index contributed by atoms with van der Waals surface area (Å²) in [4.78, 5) is 34.8. The van der Waals surface area contributed by atoms with Crippen LogP contribution in [0.4, 0.5) is 11.4 Å². The number of nitro benzene ring substituents is 1. The van der Waals surface area contributed by atoms with Gasteiger partial charge < -0.3 is 10.6 Å². The van der Waals surface area contributed by atoms with E-state index in [2.05, 4.69) is 16.0 Å². The van der Waals surface area contributed by atoms with Crippen molar-refractivity contribution in [1.29, 1.82) is 0 Å². The van der Waals surface area contributed by atoms with Crippen molar-refractivity contribution in [2.75, 3.05) is 5.32 Å². The minimum Gasteiger partial charge on any atom is -0.349 e. The molecule has 1 fully saturated rings. The molecule has 0 atom stereocenters. The number of rotatable bonds is 6. The molecule has 8 nitrogen and oxygen atoms in total. The van der Waals surface area contributed by atoms with Crippen molar-refractivity contribution in [2.45, 2.75) is 38.1 Å². The number of nitro groups is 1. The predicted molar refractivity (Wildman–Crippen MR) is 127 cm³/mol. The van der Waals surface area contributed by atoms with Gasteiger partial charge in [0.25, 0.3) is 11.6 Å². The Bertz CT molecular complexity index is 1030. The van der Waals surface area contributed by atoms with Gasteiger partial charge in [-0.1, -0.05) is 31.4 Å². The van der Waals surface area contributed by atoms with E-state index in [1.54, 1.807) is 36.4 Å². The number of carbonyl (C=O) groups excluding carboxylic acids is 2. The van der Waals surface area contributed by atoms with Crippen molar-refractivity contribution in [2.24, 2.45) is 0 Å². The van der Waals surface area contributed by atoms with Crippen molar-refractivity contribution in [3.05, 3.63) is 75.8 Å². The molecule has 2 aromatic carbocycles. The number of nitrogens with zero attached hydrogens (tertiary/aromatic N) is 1. The number of nitrogens with one attached hydrogen (secondary N) is 3. The molecule has 0 saturated heterocycles. The zero-order valence-corrected chi connectivity index (χ0v) is 18.2. The van der Waals surface area contributed by atoms with Crippen LogP contribution in [0.5, 0.6) is 0 Å². The van der Waals surface area contributed by atoms with Crippen molar-refractivity contribution in [3.63, 3.8) is 0 Å². The molecule has 2 aromatic rings. The average molecular weight is 453 g/mol. The third-order valence-electron chi connectivity index (χ3n) is 5.09. The molecule has 166 valence electrons. The van der Waals surface area contributed by atoms with E-state index in [9.17, 15) is 19.7 Å². The van der Waals surface area contributed by atoms with Gasteiger partial charge in [0.2, 0.25) is 5.91 Å². The van der Waals surface area contributed by atoms with Crippen molar-refractivity contribution >= 4 is 46.6 Å². The molecule has 2 amide bonds. The maximum absolute atomic E-state index is 12.4. The van der Waals surface area contributed by atoms with Gasteiger partial charge in [-0.25, -0.2) is 0 Å². The van der Waals surface area contributed by atoms with E-state index in [-0.39, 0.29) is 22.7 Å². The van der Waals surface area contributed by atoms with Crippen LogP contribution in [0.2, 0.25) is 0 Å². The molecule has 0 aromatic heterocycles. The zero-order chi connectivity index (χ0) is 22.9. The quantitative estimate of drug-likeness (QED) is 0.262. The van der Waals surface area contributed by atoms with E-state index in [1.807, 2.05) is 0 Å². The topological polar surface area (TPSA) is 113 Å². The van der Waals surface area contributed by atoms with E-state index in [4.69, 9.17) is 12.2 Å². The monoisotopic (exact) mass is 452 g/mol. The Hall–Kier alpha value is -3.59. The van der Waals surface area contributed by atoms with Crippen LogP contribution in [0.15, 0.2) is 54.6 Å². The summed E-state index contributed by atoms with van der Waals surface area (Å²) in [7, 11) is 0. The van der Waals surface area contributed by atoms with Gasteiger partial charge in [-0.2, -0.15) is 0 Å². The third kappa shape index (κ3) is 6.98. The fraction of sp³-hybridized carbons (Fsp3) is 0.261. The highest BCUT2D eigenvalue weighted by Crippen LogP contribution is 2.18. The molecule has 3 rings (SSSR count). The van der Waals surface area contributed by atoms with Gasteiger partial charge in [0, 0.05) is 35.5 Å². The Kier molecular flexibility index (Phi) is 8.04. The van der Waals surface area contributed by atoms with Gasteiger partial charge in [-0.3, -0.25) is 25.0 Å². The summed E-state index contributed by atoms with van der Waals surface area (Å²) in [5, 5.41) is 19.4. The Morgan fingerprint density at radius 3 is 2.47 bits per heavy atom. The molecule has 9 heteroatoms. The lowest BCUT2D eigenvalue weighted by molar-refractivity contribution is -0.384. The van der Waals surface area contributed by atoms with E-state index in [1.165, 1.54) is 30.7 Å². The van der Waals surface area contributed by atoms with Crippen molar-refractivity contribution < 1.29 is 14.5 Å². The lowest BCUT2D eigenvalue weighted by Gasteiger charge is -2.22. The molecule has 0 heterocycles. The Balaban J connectivity index is 1.48. The highest BCUT2D eigenvalue weighted by atomic mass is 32.1. The van der Waals surface area contributed by atoms with Crippen molar-refractivity contribution in [1.82, 2.24) is 10.6 Å². The lowest BCUT2D eigenvalue weighted by Crippen LogP contribution is -2.36. The molecule has 0 aliphatic heterocycles. The molecule has 0 bridgehead atoms. The minimum absolute atomic E-state index is 0.0550. The molecule has 32 heavy (non-hydrogen) atoms. The van der Waals surface area contributed by atoms with Crippen molar-refractivity contribution in [3.8, 4) is 0 Å². The molecule has 1 saturated carbocycles. The first-order chi connectivity index (χ1) is 15.4. The maximum Gasteiger partial charge on any atom is 0.270 e. The van der Waals surface area contributed by atoms with Crippen LogP contribution in [0.3, 0.4) is 0 Å². The normalized spacial score (nSPS) is 14.0. The van der Waals surface area contributed by atoms with Gasteiger partial charge in [0.15, 0.2) is 5.11 Å². The van der Waals surface area contributed by atoms with E-state index >= 15 is 0 Å². The van der Waals surface area contributed by atoms with Crippen LogP contribution < -0.4 is 16.0 Å². The third-order valence-corrected chi connectivity index (χ3v) is 5.29. The standard InChI is InChI=1S/C23H24N4O4S/c28-21(14-9-16-5-4-8-20(15-16)27(30)31)26-23(32)25-19-12-10-17(11-13-19)22(29)24-18-6-2-1-3-7-18/h4-5,8-15,18H,1-3,6-7H2,(H,24,29)(H2,25,26,28,32)/b14-9+. The molecule has 0 unspecified atom stereocenters. The largest absolute Gasteiger partial charge is 0.349 e. The maximum atomic E-state index is 12.4. The summed E-state index contributed by atoms with van der Waals surface area (Å²) in [5.74, 6) is -0.567. The summed E-state index contributed by atoms with van der Waals surface area (Å²) in [5.41, 5.74) is 1.67. The number of anilines is 1. The first kappa shape index (κ1) is 23.1. The summed E-state index contributed by atoms with van der Waals surface area (Å²) < 4.78 is 0. The Morgan fingerprint density at radius 2 is 1.78 bits per heavy atom. The fourth-order valence-corrected chi connectivity index (χ4v) is 3.67. The first-order valence-corrected chi connectivity index (χ1v) is 10.8. The Morgan fingerprint density at radius 1 is 1.06 bits per heavy atom. The number of carbonyl (C=O) groups is 2. The summed E-state index contributed by atoms with van der Waals surface area (Å²) in [6, 6.07) is 13.0. The second-order valence-electron chi connectivity index (χ2n) is 7.51. The number of amides is 2. The molecule has 3 N–H and O–H groups in total. The van der Waals surface area contributed by atoms with Crippen LogP contribution in [-0.4, -0.2) is 27.9 Å². The van der Waals surface area contributed by atoms with Gasteiger partial charge in [-0.05, 0) is 61.0 Å². The smallest absolute Gasteiger partial charge is 0.270 e.